The molecule has 1 aromatic heterocycles. The Morgan fingerprint density at radius 1 is 1.47 bits per heavy atom. The predicted molar refractivity (Wildman–Crippen MR) is 54.7 cm³/mol. The van der Waals surface area contributed by atoms with Crippen LogP contribution in [-0.2, 0) is 11.2 Å². The van der Waals surface area contributed by atoms with Crippen LogP contribution in [0.15, 0.2) is 4.52 Å². The van der Waals surface area contributed by atoms with Gasteiger partial charge < -0.3 is 9.42 Å². The molecule has 0 spiro atoms. The van der Waals surface area contributed by atoms with Gasteiger partial charge in [-0.15, -0.1) is 0 Å². The van der Waals surface area contributed by atoms with Crippen molar-refractivity contribution in [3.63, 3.8) is 0 Å². The Morgan fingerprint density at radius 3 is 2.87 bits per heavy atom. The van der Waals surface area contributed by atoms with E-state index in [9.17, 15) is 4.79 Å². The molecule has 0 atom stereocenters. The third kappa shape index (κ3) is 2.34. The van der Waals surface area contributed by atoms with E-state index in [0.717, 1.165) is 13.1 Å². The first-order valence-electron chi connectivity index (χ1n) is 5.39. The first-order valence-corrected chi connectivity index (χ1v) is 5.39. The highest BCUT2D eigenvalue weighted by Crippen LogP contribution is 2.16. The summed E-state index contributed by atoms with van der Waals surface area (Å²) in [5, 5.41) is 3.87. The van der Waals surface area contributed by atoms with Gasteiger partial charge >= 0.3 is 0 Å². The average Bonchev–Trinajstić information content (AvgIpc) is 2.85. The Kier molecular flexibility index (Phi) is 2.99. The fourth-order valence-electron chi connectivity index (χ4n) is 1.66. The highest BCUT2D eigenvalue weighted by Gasteiger charge is 2.18. The largest absolute Gasteiger partial charge is 0.338 e. The molecule has 0 amide bonds. The lowest BCUT2D eigenvalue weighted by atomic mass is 10.2. The zero-order valence-electron chi connectivity index (χ0n) is 8.90. The lowest BCUT2D eigenvalue weighted by molar-refractivity contribution is -0.118. The number of carbonyl (C=O) groups is 1. The Hall–Kier alpha value is -1.39. The van der Waals surface area contributed by atoms with E-state index >= 15 is 0 Å². The number of rotatable bonds is 4. The van der Waals surface area contributed by atoms with Crippen molar-refractivity contribution < 1.29 is 9.32 Å². The van der Waals surface area contributed by atoms with Crippen LogP contribution in [-0.4, -0.2) is 29.0 Å². The standard InChI is InChI=1S/C10H15N3O2/c1-2-8(14)7-9-11-10(12-15-9)13-5-3-4-6-13/h2-7H2,1H3. The maximum Gasteiger partial charge on any atom is 0.266 e. The van der Waals surface area contributed by atoms with Crippen molar-refractivity contribution in [3.05, 3.63) is 5.89 Å². The molecule has 1 aromatic rings. The van der Waals surface area contributed by atoms with Gasteiger partial charge in [-0.1, -0.05) is 6.92 Å². The van der Waals surface area contributed by atoms with E-state index in [0.29, 0.717) is 18.3 Å². The van der Waals surface area contributed by atoms with Crippen molar-refractivity contribution in [3.8, 4) is 0 Å². The van der Waals surface area contributed by atoms with Crippen LogP contribution in [0.4, 0.5) is 5.95 Å². The maximum absolute atomic E-state index is 11.2. The zero-order valence-corrected chi connectivity index (χ0v) is 8.90. The summed E-state index contributed by atoms with van der Waals surface area (Å²) in [5.41, 5.74) is 0. The normalized spacial score (nSPS) is 15.9. The zero-order chi connectivity index (χ0) is 10.7. The Balaban J connectivity index is 2.00. The van der Waals surface area contributed by atoms with Crippen molar-refractivity contribution in [2.24, 2.45) is 0 Å². The molecule has 0 bridgehead atoms. The summed E-state index contributed by atoms with van der Waals surface area (Å²) in [6, 6.07) is 0. The topological polar surface area (TPSA) is 59.2 Å². The first kappa shape index (κ1) is 10.1. The Morgan fingerprint density at radius 2 is 2.20 bits per heavy atom. The van der Waals surface area contributed by atoms with Gasteiger partial charge in [0.05, 0.1) is 6.42 Å². The van der Waals surface area contributed by atoms with E-state index < -0.39 is 0 Å². The second-order valence-electron chi connectivity index (χ2n) is 3.75. The van der Waals surface area contributed by atoms with Gasteiger partial charge in [-0.25, -0.2) is 0 Å². The van der Waals surface area contributed by atoms with E-state index in [1.54, 1.807) is 0 Å². The third-order valence-electron chi connectivity index (χ3n) is 2.59. The third-order valence-corrected chi connectivity index (χ3v) is 2.59. The second kappa shape index (κ2) is 4.42. The number of carbonyl (C=O) groups excluding carboxylic acids is 1. The van der Waals surface area contributed by atoms with Crippen LogP contribution < -0.4 is 4.90 Å². The molecular formula is C10H15N3O2. The fourth-order valence-corrected chi connectivity index (χ4v) is 1.66. The monoisotopic (exact) mass is 209 g/mol. The van der Waals surface area contributed by atoms with Crippen molar-refractivity contribution in [1.82, 2.24) is 10.1 Å². The Bertz CT molecular complexity index is 342. The average molecular weight is 209 g/mol. The lowest BCUT2D eigenvalue weighted by Crippen LogP contribution is -2.18. The molecule has 5 heteroatoms. The highest BCUT2D eigenvalue weighted by atomic mass is 16.5. The van der Waals surface area contributed by atoms with E-state index in [4.69, 9.17) is 4.52 Å². The van der Waals surface area contributed by atoms with Crippen LogP contribution in [0.5, 0.6) is 0 Å². The molecule has 2 rings (SSSR count). The quantitative estimate of drug-likeness (QED) is 0.745. The van der Waals surface area contributed by atoms with Gasteiger partial charge in [0.25, 0.3) is 5.95 Å². The number of hydrogen-bond acceptors (Lipinski definition) is 5. The molecule has 0 N–H and O–H groups in total. The van der Waals surface area contributed by atoms with Crippen LogP contribution in [0, 0.1) is 0 Å². The highest BCUT2D eigenvalue weighted by molar-refractivity contribution is 5.79. The molecule has 0 saturated carbocycles. The first-order chi connectivity index (χ1) is 7.29. The maximum atomic E-state index is 11.2. The summed E-state index contributed by atoms with van der Waals surface area (Å²) >= 11 is 0. The van der Waals surface area contributed by atoms with Gasteiger partial charge in [-0.05, 0) is 18.0 Å². The minimum absolute atomic E-state index is 0.131. The molecule has 1 fully saturated rings. The predicted octanol–water partition coefficient (Wildman–Crippen LogP) is 1.19. The molecule has 1 aliphatic heterocycles. The van der Waals surface area contributed by atoms with E-state index in [1.165, 1.54) is 12.8 Å². The molecule has 1 saturated heterocycles. The molecule has 5 nitrogen and oxygen atoms in total. The summed E-state index contributed by atoms with van der Waals surface area (Å²) < 4.78 is 5.03. The minimum atomic E-state index is 0.131. The lowest BCUT2D eigenvalue weighted by Gasteiger charge is -2.09. The van der Waals surface area contributed by atoms with Gasteiger partial charge in [0.1, 0.15) is 5.78 Å². The van der Waals surface area contributed by atoms with E-state index in [-0.39, 0.29) is 12.2 Å². The number of nitrogens with zero attached hydrogens (tertiary/aromatic N) is 3. The van der Waals surface area contributed by atoms with Gasteiger partial charge in [0, 0.05) is 19.5 Å². The smallest absolute Gasteiger partial charge is 0.266 e. The van der Waals surface area contributed by atoms with Crippen LogP contribution in [0.25, 0.3) is 0 Å². The van der Waals surface area contributed by atoms with E-state index in [1.807, 2.05) is 6.92 Å². The van der Waals surface area contributed by atoms with Crippen LogP contribution in [0.3, 0.4) is 0 Å². The molecule has 15 heavy (non-hydrogen) atoms. The number of ketones is 1. The van der Waals surface area contributed by atoms with Crippen molar-refractivity contribution >= 4 is 11.7 Å². The van der Waals surface area contributed by atoms with Crippen LogP contribution >= 0.6 is 0 Å². The molecule has 0 aromatic carbocycles. The molecule has 0 unspecified atom stereocenters. The SMILES string of the molecule is CCC(=O)Cc1nc(N2CCCC2)no1. The minimum Gasteiger partial charge on any atom is -0.338 e. The number of Topliss-reactive ketones (excluding diaryl/α,β-unsaturated/α-hetero) is 1. The summed E-state index contributed by atoms with van der Waals surface area (Å²) in [5.74, 6) is 1.20. The molecule has 0 aliphatic carbocycles. The van der Waals surface area contributed by atoms with Crippen LogP contribution in [0.1, 0.15) is 32.1 Å². The van der Waals surface area contributed by atoms with Gasteiger partial charge in [0.15, 0.2) is 0 Å². The van der Waals surface area contributed by atoms with Gasteiger partial charge in [0.2, 0.25) is 5.89 Å². The van der Waals surface area contributed by atoms with Crippen LogP contribution in [0.2, 0.25) is 0 Å². The van der Waals surface area contributed by atoms with Gasteiger partial charge in [-0.2, -0.15) is 4.98 Å². The molecule has 0 radical (unpaired) electrons. The molecule has 1 aliphatic rings. The van der Waals surface area contributed by atoms with Crippen molar-refractivity contribution in [1.29, 1.82) is 0 Å². The summed E-state index contributed by atoms with van der Waals surface area (Å²) in [6.45, 7) is 3.81. The Labute approximate surface area is 88.5 Å². The van der Waals surface area contributed by atoms with E-state index in [2.05, 4.69) is 15.0 Å². The molecule has 82 valence electrons. The number of aromatic nitrogens is 2. The molecular weight excluding hydrogens is 194 g/mol. The molecule has 2 heterocycles. The number of anilines is 1. The summed E-state index contributed by atoms with van der Waals surface area (Å²) in [6.07, 6.45) is 3.13. The van der Waals surface area contributed by atoms with Crippen molar-refractivity contribution in [2.45, 2.75) is 32.6 Å². The fraction of sp³-hybridized carbons (Fsp3) is 0.700. The van der Waals surface area contributed by atoms with Crippen molar-refractivity contribution in [2.75, 3.05) is 18.0 Å². The van der Waals surface area contributed by atoms with Gasteiger partial charge in [-0.3, -0.25) is 4.79 Å². The summed E-state index contributed by atoms with van der Waals surface area (Å²) in [7, 11) is 0. The summed E-state index contributed by atoms with van der Waals surface area (Å²) in [4.78, 5) is 17.5. The number of hydrogen-bond donors (Lipinski definition) is 0. The second-order valence-corrected chi connectivity index (χ2v) is 3.75.